The number of fused-ring (bicyclic) bond motifs is 3. The SMILES string of the molecule is CC(NC(=O)c1ccc2c(c1)[nH]c(=O)c1ccccc12)C(=O)O. The van der Waals surface area contributed by atoms with Gasteiger partial charge in [0, 0.05) is 21.9 Å². The summed E-state index contributed by atoms with van der Waals surface area (Å²) in [6.07, 6.45) is 0. The van der Waals surface area contributed by atoms with Gasteiger partial charge in [0.15, 0.2) is 0 Å². The topological polar surface area (TPSA) is 99.3 Å². The molecule has 6 nitrogen and oxygen atoms in total. The number of benzene rings is 2. The average Bonchev–Trinajstić information content (AvgIpc) is 2.54. The van der Waals surface area contributed by atoms with Crippen LogP contribution in [0.3, 0.4) is 0 Å². The number of aromatic amines is 1. The molecule has 23 heavy (non-hydrogen) atoms. The highest BCUT2D eigenvalue weighted by Crippen LogP contribution is 2.21. The van der Waals surface area contributed by atoms with E-state index in [1.165, 1.54) is 6.92 Å². The van der Waals surface area contributed by atoms with Crippen molar-refractivity contribution in [2.75, 3.05) is 0 Å². The summed E-state index contributed by atoms with van der Waals surface area (Å²) in [6, 6.07) is 11.1. The monoisotopic (exact) mass is 310 g/mol. The van der Waals surface area contributed by atoms with E-state index < -0.39 is 17.9 Å². The Hall–Kier alpha value is -3.15. The molecule has 0 aliphatic carbocycles. The number of hydrogen-bond acceptors (Lipinski definition) is 3. The van der Waals surface area contributed by atoms with E-state index in [-0.39, 0.29) is 11.1 Å². The molecule has 0 bridgehead atoms. The fourth-order valence-electron chi connectivity index (χ4n) is 2.47. The Kier molecular flexibility index (Phi) is 3.57. The molecule has 1 aromatic heterocycles. The number of nitrogens with one attached hydrogen (secondary N) is 2. The molecule has 0 fully saturated rings. The molecule has 0 spiro atoms. The summed E-state index contributed by atoms with van der Waals surface area (Å²) < 4.78 is 0. The highest BCUT2D eigenvalue weighted by atomic mass is 16.4. The minimum absolute atomic E-state index is 0.232. The summed E-state index contributed by atoms with van der Waals surface area (Å²) in [4.78, 5) is 37.8. The lowest BCUT2D eigenvalue weighted by molar-refractivity contribution is -0.138. The number of hydrogen-bond donors (Lipinski definition) is 3. The van der Waals surface area contributed by atoms with Gasteiger partial charge in [0.25, 0.3) is 11.5 Å². The molecule has 116 valence electrons. The van der Waals surface area contributed by atoms with Crippen LogP contribution in [0.25, 0.3) is 21.7 Å². The van der Waals surface area contributed by atoms with Crippen molar-refractivity contribution in [3.05, 3.63) is 58.4 Å². The maximum Gasteiger partial charge on any atom is 0.325 e. The second-order valence-corrected chi connectivity index (χ2v) is 5.29. The minimum Gasteiger partial charge on any atom is -0.480 e. The van der Waals surface area contributed by atoms with Crippen LogP contribution < -0.4 is 10.9 Å². The zero-order valence-corrected chi connectivity index (χ0v) is 12.3. The number of aliphatic carboxylic acids is 1. The Balaban J connectivity index is 2.09. The molecule has 0 saturated heterocycles. The van der Waals surface area contributed by atoms with Gasteiger partial charge in [-0.15, -0.1) is 0 Å². The van der Waals surface area contributed by atoms with Crippen LogP contribution in [0.5, 0.6) is 0 Å². The van der Waals surface area contributed by atoms with E-state index in [1.54, 1.807) is 30.3 Å². The van der Waals surface area contributed by atoms with E-state index >= 15 is 0 Å². The van der Waals surface area contributed by atoms with Crippen LogP contribution in [0.1, 0.15) is 17.3 Å². The zero-order chi connectivity index (χ0) is 16.6. The third-order valence-electron chi connectivity index (χ3n) is 3.71. The molecule has 0 aliphatic rings. The molecule has 1 atom stereocenters. The Labute approximate surface area is 130 Å². The van der Waals surface area contributed by atoms with Crippen molar-refractivity contribution in [2.45, 2.75) is 13.0 Å². The standard InChI is InChI=1S/C17H14N2O4/c1-9(17(22)23)18-15(20)10-6-7-12-11-4-2-3-5-13(11)16(21)19-14(12)8-10/h2-9H,1H3,(H,18,20)(H,19,21)(H,22,23). The fraction of sp³-hybridized carbons (Fsp3) is 0.118. The zero-order valence-electron chi connectivity index (χ0n) is 12.3. The normalized spacial score (nSPS) is 12.2. The number of pyridine rings is 1. The summed E-state index contributed by atoms with van der Waals surface area (Å²) in [6.45, 7) is 1.39. The van der Waals surface area contributed by atoms with E-state index in [0.717, 1.165) is 10.8 Å². The number of H-pyrrole nitrogens is 1. The number of amides is 1. The number of carbonyl (C=O) groups excluding carboxylic acids is 1. The average molecular weight is 310 g/mol. The van der Waals surface area contributed by atoms with E-state index in [9.17, 15) is 14.4 Å². The van der Waals surface area contributed by atoms with Crippen molar-refractivity contribution in [1.29, 1.82) is 0 Å². The van der Waals surface area contributed by atoms with E-state index in [4.69, 9.17) is 5.11 Å². The first-order valence-electron chi connectivity index (χ1n) is 7.06. The first-order chi connectivity index (χ1) is 11.0. The number of carbonyl (C=O) groups is 2. The number of rotatable bonds is 3. The van der Waals surface area contributed by atoms with Gasteiger partial charge in [-0.1, -0.05) is 24.3 Å². The predicted molar refractivity (Wildman–Crippen MR) is 86.6 cm³/mol. The number of carboxylic acid groups (broad SMARTS) is 1. The van der Waals surface area contributed by atoms with Gasteiger partial charge in [0.1, 0.15) is 6.04 Å². The molecule has 0 saturated carbocycles. The highest BCUT2D eigenvalue weighted by Gasteiger charge is 2.16. The second kappa shape index (κ2) is 5.57. The van der Waals surface area contributed by atoms with Gasteiger partial charge in [-0.3, -0.25) is 14.4 Å². The maximum absolute atomic E-state index is 12.1. The maximum atomic E-state index is 12.1. The van der Waals surface area contributed by atoms with Gasteiger partial charge >= 0.3 is 5.97 Å². The lowest BCUT2D eigenvalue weighted by Crippen LogP contribution is -2.38. The van der Waals surface area contributed by atoms with Gasteiger partial charge < -0.3 is 15.4 Å². The summed E-state index contributed by atoms with van der Waals surface area (Å²) >= 11 is 0. The summed E-state index contributed by atoms with van der Waals surface area (Å²) in [5, 5.41) is 13.4. The third kappa shape index (κ3) is 2.66. The van der Waals surface area contributed by atoms with E-state index in [2.05, 4.69) is 10.3 Å². The lowest BCUT2D eigenvalue weighted by Gasteiger charge is -2.10. The van der Waals surface area contributed by atoms with Crippen LogP contribution in [0.15, 0.2) is 47.3 Å². The summed E-state index contributed by atoms with van der Waals surface area (Å²) in [5.74, 6) is -1.62. The van der Waals surface area contributed by atoms with Gasteiger partial charge in [0.05, 0.1) is 0 Å². The first-order valence-corrected chi connectivity index (χ1v) is 7.06. The van der Waals surface area contributed by atoms with Crippen molar-refractivity contribution in [2.24, 2.45) is 0 Å². The molecule has 3 aromatic rings. The van der Waals surface area contributed by atoms with Gasteiger partial charge in [-0.2, -0.15) is 0 Å². The molecule has 1 heterocycles. The van der Waals surface area contributed by atoms with Crippen LogP contribution in [0, 0.1) is 0 Å². The van der Waals surface area contributed by atoms with Gasteiger partial charge in [-0.25, -0.2) is 0 Å². The molecule has 0 radical (unpaired) electrons. The molecule has 1 amide bonds. The van der Waals surface area contributed by atoms with Crippen molar-refractivity contribution < 1.29 is 14.7 Å². The van der Waals surface area contributed by atoms with Crippen LogP contribution in [-0.4, -0.2) is 28.0 Å². The van der Waals surface area contributed by atoms with Crippen LogP contribution in [0.4, 0.5) is 0 Å². The van der Waals surface area contributed by atoms with Crippen molar-refractivity contribution in [3.8, 4) is 0 Å². The molecular weight excluding hydrogens is 296 g/mol. The Morgan fingerprint density at radius 3 is 2.48 bits per heavy atom. The van der Waals surface area contributed by atoms with Crippen molar-refractivity contribution >= 4 is 33.6 Å². The summed E-state index contributed by atoms with van der Waals surface area (Å²) in [7, 11) is 0. The Morgan fingerprint density at radius 2 is 1.78 bits per heavy atom. The molecule has 6 heteroatoms. The summed E-state index contributed by atoms with van der Waals surface area (Å²) in [5.41, 5.74) is 0.588. The minimum atomic E-state index is -1.11. The van der Waals surface area contributed by atoms with Crippen molar-refractivity contribution in [1.82, 2.24) is 10.3 Å². The first kappa shape index (κ1) is 14.8. The van der Waals surface area contributed by atoms with Gasteiger partial charge in [-0.05, 0) is 30.5 Å². The molecule has 3 rings (SSSR count). The highest BCUT2D eigenvalue weighted by molar-refractivity contribution is 6.07. The Morgan fingerprint density at radius 1 is 1.09 bits per heavy atom. The van der Waals surface area contributed by atoms with E-state index in [1.807, 2.05) is 12.1 Å². The lowest BCUT2D eigenvalue weighted by atomic mass is 10.0. The van der Waals surface area contributed by atoms with Crippen LogP contribution in [0.2, 0.25) is 0 Å². The molecule has 1 unspecified atom stereocenters. The largest absolute Gasteiger partial charge is 0.480 e. The molecular formula is C17H14N2O4. The smallest absolute Gasteiger partial charge is 0.325 e. The Bertz CT molecular complexity index is 991. The molecule has 2 aromatic carbocycles. The van der Waals surface area contributed by atoms with E-state index in [0.29, 0.717) is 10.9 Å². The third-order valence-corrected chi connectivity index (χ3v) is 3.71. The predicted octanol–water partition coefficient (Wildman–Crippen LogP) is 1.88. The second-order valence-electron chi connectivity index (χ2n) is 5.29. The molecule has 3 N–H and O–H groups in total. The number of carboxylic acids is 1. The van der Waals surface area contributed by atoms with Crippen LogP contribution in [-0.2, 0) is 4.79 Å². The molecule has 0 aliphatic heterocycles. The fourth-order valence-corrected chi connectivity index (χ4v) is 2.47. The van der Waals surface area contributed by atoms with Crippen molar-refractivity contribution in [3.63, 3.8) is 0 Å². The van der Waals surface area contributed by atoms with Gasteiger partial charge in [0.2, 0.25) is 0 Å². The van der Waals surface area contributed by atoms with Crippen LogP contribution >= 0.6 is 0 Å². The number of aromatic nitrogens is 1. The quantitative estimate of drug-likeness (QED) is 0.643.